The number of aromatic nitrogens is 1. The maximum atomic E-state index is 12.9. The van der Waals surface area contributed by atoms with E-state index in [0.29, 0.717) is 32.1 Å². The van der Waals surface area contributed by atoms with Gasteiger partial charge in [-0.05, 0) is 12.1 Å². The van der Waals surface area contributed by atoms with Gasteiger partial charge in [0.2, 0.25) is 6.79 Å². The highest BCUT2D eigenvalue weighted by Crippen LogP contribution is 2.37. The number of hydrogen-bond donors (Lipinski definition) is 0. The first-order valence-corrected chi connectivity index (χ1v) is 10.8. The SMILES string of the molecule is COC(=O)Cn1c(=NC(=O)c2cc3cc([N+](=O)[O-])ccc3s2)sc2cc3c(cc21)OCO3. The van der Waals surface area contributed by atoms with Crippen LogP contribution in [0, 0.1) is 10.1 Å². The molecular weight excluding hydrogens is 458 g/mol. The number of methoxy groups -OCH3 is 1. The van der Waals surface area contributed by atoms with Crippen LogP contribution in [0.15, 0.2) is 41.4 Å². The summed E-state index contributed by atoms with van der Waals surface area (Å²) in [7, 11) is 1.28. The van der Waals surface area contributed by atoms with Crippen LogP contribution in [0.25, 0.3) is 20.3 Å². The van der Waals surface area contributed by atoms with Crippen molar-refractivity contribution < 1.29 is 28.7 Å². The van der Waals surface area contributed by atoms with Crippen molar-refractivity contribution in [3.63, 3.8) is 0 Å². The van der Waals surface area contributed by atoms with Crippen LogP contribution in [0.3, 0.4) is 0 Å². The average molecular weight is 471 g/mol. The molecule has 10 nitrogen and oxygen atoms in total. The zero-order valence-electron chi connectivity index (χ0n) is 16.4. The standard InChI is InChI=1S/C20H13N3O7S2/c1-28-18(24)8-22-12-6-13-14(30-9-29-13)7-16(12)32-20(22)21-19(25)17-5-10-4-11(23(26)27)2-3-15(10)31-17/h2-7H,8-9H2,1H3. The minimum absolute atomic E-state index is 0.0517. The number of hydrogen-bond acceptors (Lipinski definition) is 9. The fourth-order valence-corrected chi connectivity index (χ4v) is 5.25. The second-order valence-electron chi connectivity index (χ2n) is 6.73. The molecular formula is C20H13N3O7S2. The van der Waals surface area contributed by atoms with Crippen LogP contribution in [0.1, 0.15) is 9.67 Å². The van der Waals surface area contributed by atoms with Crippen molar-refractivity contribution in [3.05, 3.63) is 56.2 Å². The Labute approximate surface area is 187 Å². The molecule has 0 saturated heterocycles. The molecule has 12 heteroatoms. The predicted molar refractivity (Wildman–Crippen MR) is 116 cm³/mol. The molecule has 2 aromatic heterocycles. The second kappa shape index (κ2) is 7.73. The Morgan fingerprint density at radius 1 is 1.16 bits per heavy atom. The third-order valence-corrected chi connectivity index (χ3v) is 6.96. The highest BCUT2D eigenvalue weighted by Gasteiger charge is 2.20. The fourth-order valence-electron chi connectivity index (χ4n) is 3.28. The van der Waals surface area contributed by atoms with E-state index in [-0.39, 0.29) is 19.0 Å². The first-order valence-electron chi connectivity index (χ1n) is 9.20. The van der Waals surface area contributed by atoms with Crippen LogP contribution in [0.5, 0.6) is 11.5 Å². The van der Waals surface area contributed by atoms with Gasteiger partial charge in [-0.1, -0.05) is 11.3 Å². The van der Waals surface area contributed by atoms with E-state index in [1.54, 1.807) is 28.8 Å². The highest BCUT2D eigenvalue weighted by molar-refractivity contribution is 7.21. The van der Waals surface area contributed by atoms with Gasteiger partial charge in [0, 0.05) is 34.4 Å². The normalized spacial score (nSPS) is 13.1. The summed E-state index contributed by atoms with van der Waals surface area (Å²) in [6.45, 7) is -0.0235. The molecule has 0 aliphatic carbocycles. The Morgan fingerprint density at radius 3 is 2.69 bits per heavy atom. The topological polar surface area (TPSA) is 122 Å². The summed E-state index contributed by atoms with van der Waals surface area (Å²) in [4.78, 5) is 40.3. The number of rotatable bonds is 4. The molecule has 1 amide bonds. The van der Waals surface area contributed by atoms with Gasteiger partial charge in [-0.15, -0.1) is 11.3 Å². The van der Waals surface area contributed by atoms with Crippen molar-refractivity contribution in [2.45, 2.75) is 6.54 Å². The number of carbonyl (C=O) groups is 2. The number of ether oxygens (including phenoxy) is 3. The number of amides is 1. The largest absolute Gasteiger partial charge is 0.468 e. The van der Waals surface area contributed by atoms with E-state index in [2.05, 4.69) is 4.99 Å². The highest BCUT2D eigenvalue weighted by atomic mass is 32.1. The molecule has 162 valence electrons. The summed E-state index contributed by atoms with van der Waals surface area (Å²) >= 11 is 2.42. The molecule has 1 aliphatic rings. The molecule has 0 fully saturated rings. The lowest BCUT2D eigenvalue weighted by atomic mass is 10.2. The van der Waals surface area contributed by atoms with Gasteiger partial charge in [-0.2, -0.15) is 4.99 Å². The van der Waals surface area contributed by atoms with Crippen molar-refractivity contribution in [2.75, 3.05) is 13.9 Å². The molecule has 0 atom stereocenters. The molecule has 3 heterocycles. The van der Waals surface area contributed by atoms with Crippen molar-refractivity contribution in [3.8, 4) is 11.5 Å². The number of nitro groups is 1. The molecule has 1 aliphatic heterocycles. The number of thiophene rings is 1. The average Bonchev–Trinajstić information content (AvgIpc) is 3.48. The summed E-state index contributed by atoms with van der Waals surface area (Å²) in [5.74, 6) is 0.107. The van der Waals surface area contributed by atoms with Gasteiger partial charge in [-0.3, -0.25) is 19.7 Å². The molecule has 32 heavy (non-hydrogen) atoms. The molecule has 0 saturated carbocycles. The number of carbonyl (C=O) groups excluding carboxylic acids is 2. The van der Waals surface area contributed by atoms with Crippen LogP contribution in [-0.2, 0) is 16.1 Å². The van der Waals surface area contributed by atoms with Crippen molar-refractivity contribution in [1.82, 2.24) is 4.57 Å². The van der Waals surface area contributed by atoms with Gasteiger partial charge in [0.1, 0.15) is 6.54 Å². The zero-order valence-corrected chi connectivity index (χ0v) is 18.0. The first kappa shape index (κ1) is 20.2. The third kappa shape index (κ3) is 3.48. The number of esters is 1. The number of nitrogens with zero attached hydrogens (tertiary/aromatic N) is 3. The van der Waals surface area contributed by atoms with Crippen LogP contribution >= 0.6 is 22.7 Å². The lowest BCUT2D eigenvalue weighted by Gasteiger charge is -2.04. The molecule has 2 aromatic carbocycles. The van der Waals surface area contributed by atoms with Gasteiger partial charge in [0.25, 0.3) is 11.6 Å². The first-order chi connectivity index (χ1) is 15.4. The number of thiazole rings is 1. The summed E-state index contributed by atoms with van der Waals surface area (Å²) < 4.78 is 18.7. The summed E-state index contributed by atoms with van der Waals surface area (Å²) in [6, 6.07) is 9.50. The Morgan fingerprint density at radius 2 is 1.94 bits per heavy atom. The van der Waals surface area contributed by atoms with E-state index in [1.807, 2.05) is 0 Å². The molecule has 5 rings (SSSR count). The molecule has 4 aromatic rings. The van der Waals surface area contributed by atoms with Crippen LogP contribution in [0.2, 0.25) is 0 Å². The number of fused-ring (bicyclic) bond motifs is 3. The summed E-state index contributed by atoms with van der Waals surface area (Å²) in [5.41, 5.74) is 0.604. The van der Waals surface area contributed by atoms with Gasteiger partial charge in [0.15, 0.2) is 16.3 Å². The van der Waals surface area contributed by atoms with E-state index >= 15 is 0 Å². The number of non-ortho nitro benzene ring substituents is 1. The second-order valence-corrected chi connectivity index (χ2v) is 8.82. The number of benzene rings is 2. The predicted octanol–water partition coefficient (Wildman–Crippen LogP) is 3.47. The Bertz CT molecular complexity index is 1500. The maximum absolute atomic E-state index is 12.9. The molecule has 0 radical (unpaired) electrons. The van der Waals surface area contributed by atoms with Crippen LogP contribution in [0.4, 0.5) is 5.69 Å². The lowest BCUT2D eigenvalue weighted by Crippen LogP contribution is -2.22. The summed E-state index contributed by atoms with van der Waals surface area (Å²) in [6.07, 6.45) is 0. The number of nitro benzene ring substituents is 1. The lowest BCUT2D eigenvalue weighted by molar-refractivity contribution is -0.384. The Balaban J connectivity index is 1.61. The van der Waals surface area contributed by atoms with Gasteiger partial charge >= 0.3 is 5.97 Å². The molecule has 0 unspecified atom stereocenters. The summed E-state index contributed by atoms with van der Waals surface area (Å²) in [5, 5.41) is 11.6. The smallest absolute Gasteiger partial charge is 0.325 e. The van der Waals surface area contributed by atoms with Gasteiger partial charge < -0.3 is 18.8 Å². The maximum Gasteiger partial charge on any atom is 0.325 e. The molecule has 0 bridgehead atoms. The Hall–Kier alpha value is -3.77. The minimum Gasteiger partial charge on any atom is -0.468 e. The third-order valence-electron chi connectivity index (χ3n) is 4.81. The van der Waals surface area contributed by atoms with E-state index in [1.165, 1.54) is 41.9 Å². The quantitative estimate of drug-likeness (QED) is 0.254. The fraction of sp³-hybridized carbons (Fsp3) is 0.150. The van der Waals surface area contributed by atoms with E-state index in [9.17, 15) is 19.7 Å². The van der Waals surface area contributed by atoms with E-state index < -0.39 is 16.8 Å². The van der Waals surface area contributed by atoms with Crippen molar-refractivity contribution >= 4 is 60.5 Å². The monoisotopic (exact) mass is 471 g/mol. The molecule has 0 spiro atoms. The minimum atomic E-state index is -0.515. The zero-order chi connectivity index (χ0) is 22.4. The Kier molecular flexibility index (Phi) is 4.87. The van der Waals surface area contributed by atoms with E-state index in [0.717, 1.165) is 9.40 Å². The van der Waals surface area contributed by atoms with E-state index in [4.69, 9.17) is 14.2 Å². The van der Waals surface area contributed by atoms with Crippen molar-refractivity contribution in [1.29, 1.82) is 0 Å². The van der Waals surface area contributed by atoms with Crippen molar-refractivity contribution in [2.24, 2.45) is 4.99 Å². The van der Waals surface area contributed by atoms with Gasteiger partial charge in [0.05, 0.1) is 27.1 Å². The van der Waals surface area contributed by atoms with Crippen LogP contribution in [-0.4, -0.2) is 35.3 Å². The molecule has 0 N–H and O–H groups in total. The van der Waals surface area contributed by atoms with Gasteiger partial charge in [-0.25, -0.2) is 0 Å². The van der Waals surface area contributed by atoms with Crippen LogP contribution < -0.4 is 14.3 Å².